The zero-order valence-electron chi connectivity index (χ0n) is 9.31. The van der Waals surface area contributed by atoms with Gasteiger partial charge in [0.2, 0.25) is 0 Å². The zero-order valence-corrected chi connectivity index (χ0v) is 9.31. The lowest BCUT2D eigenvalue weighted by molar-refractivity contribution is 0.607. The lowest BCUT2D eigenvalue weighted by Crippen LogP contribution is -2.04. The highest BCUT2D eigenvalue weighted by Crippen LogP contribution is 2.26. The Labute approximate surface area is 93.7 Å². The van der Waals surface area contributed by atoms with Crippen LogP contribution in [0.15, 0.2) is 30.6 Å². The number of anilines is 1. The fraction of sp³-hybridized carbons (Fsp3) is 0.250. The van der Waals surface area contributed by atoms with Crippen LogP contribution in [0.3, 0.4) is 0 Å². The Hall–Kier alpha value is -1.84. The van der Waals surface area contributed by atoms with Gasteiger partial charge in [0.25, 0.3) is 0 Å². The van der Waals surface area contributed by atoms with Crippen LogP contribution in [0.1, 0.15) is 19.9 Å². The van der Waals surface area contributed by atoms with Gasteiger partial charge in [0.15, 0.2) is 0 Å². The van der Waals surface area contributed by atoms with Crippen molar-refractivity contribution in [3.8, 4) is 11.3 Å². The van der Waals surface area contributed by atoms with Crippen molar-refractivity contribution in [2.24, 2.45) is 0 Å². The van der Waals surface area contributed by atoms with Gasteiger partial charge in [-0.3, -0.25) is 0 Å². The summed E-state index contributed by atoms with van der Waals surface area (Å²) in [6.07, 6.45) is 1.68. The number of nitrogen functional groups attached to an aromatic ring is 1. The molecule has 2 rings (SSSR count). The predicted molar refractivity (Wildman–Crippen MR) is 62.4 cm³/mol. The number of nitrogens with zero attached hydrogens (tertiary/aromatic N) is 2. The number of hydrogen-bond acceptors (Lipinski definition) is 2. The van der Waals surface area contributed by atoms with Gasteiger partial charge in [-0.1, -0.05) is 12.1 Å². The van der Waals surface area contributed by atoms with E-state index >= 15 is 0 Å². The minimum absolute atomic E-state index is 0.245. The Balaban J connectivity index is 2.49. The number of hydrogen-bond donors (Lipinski definition) is 1. The molecule has 1 aromatic carbocycles. The Morgan fingerprint density at radius 1 is 1.38 bits per heavy atom. The van der Waals surface area contributed by atoms with Crippen LogP contribution in [0.5, 0.6) is 0 Å². The van der Waals surface area contributed by atoms with Crippen LogP contribution < -0.4 is 5.73 Å². The SMILES string of the molecule is CC(C)n1cnc(-c2cccc(F)c2)c1N. The van der Waals surface area contributed by atoms with E-state index < -0.39 is 0 Å². The quantitative estimate of drug-likeness (QED) is 0.844. The summed E-state index contributed by atoms with van der Waals surface area (Å²) in [6.45, 7) is 4.04. The van der Waals surface area contributed by atoms with Crippen molar-refractivity contribution >= 4 is 5.82 Å². The third kappa shape index (κ3) is 1.78. The summed E-state index contributed by atoms with van der Waals surface area (Å²) in [5, 5.41) is 0. The Morgan fingerprint density at radius 2 is 2.12 bits per heavy atom. The molecule has 0 fully saturated rings. The predicted octanol–water partition coefficient (Wildman–Crippen LogP) is 2.85. The van der Waals surface area contributed by atoms with Gasteiger partial charge in [0.1, 0.15) is 17.3 Å². The van der Waals surface area contributed by atoms with E-state index in [0.717, 1.165) is 0 Å². The molecule has 2 aromatic rings. The maximum atomic E-state index is 13.1. The molecule has 0 spiro atoms. The van der Waals surface area contributed by atoms with Gasteiger partial charge in [-0.2, -0.15) is 0 Å². The van der Waals surface area contributed by atoms with Crippen LogP contribution >= 0.6 is 0 Å². The van der Waals surface area contributed by atoms with E-state index in [-0.39, 0.29) is 11.9 Å². The zero-order chi connectivity index (χ0) is 11.7. The van der Waals surface area contributed by atoms with Crippen molar-refractivity contribution < 1.29 is 4.39 Å². The minimum Gasteiger partial charge on any atom is -0.383 e. The van der Waals surface area contributed by atoms with Gasteiger partial charge in [-0.25, -0.2) is 9.37 Å². The van der Waals surface area contributed by atoms with Crippen LogP contribution in [0.25, 0.3) is 11.3 Å². The Kier molecular flexibility index (Phi) is 2.64. The average molecular weight is 219 g/mol. The molecule has 4 heteroatoms. The molecule has 3 nitrogen and oxygen atoms in total. The number of aromatic nitrogens is 2. The molecule has 0 aliphatic carbocycles. The molecule has 1 heterocycles. The van der Waals surface area contributed by atoms with Crippen molar-refractivity contribution in [1.82, 2.24) is 9.55 Å². The average Bonchev–Trinajstić information content (AvgIpc) is 2.60. The Morgan fingerprint density at radius 3 is 2.69 bits per heavy atom. The molecular weight excluding hydrogens is 205 g/mol. The molecule has 0 atom stereocenters. The second kappa shape index (κ2) is 3.96. The van der Waals surface area contributed by atoms with Crippen LogP contribution in [0.2, 0.25) is 0 Å². The van der Waals surface area contributed by atoms with Crippen molar-refractivity contribution in [3.05, 3.63) is 36.4 Å². The lowest BCUT2D eigenvalue weighted by atomic mass is 10.1. The van der Waals surface area contributed by atoms with Crippen molar-refractivity contribution in [2.45, 2.75) is 19.9 Å². The third-order valence-corrected chi connectivity index (χ3v) is 2.49. The molecule has 84 valence electrons. The molecule has 0 aliphatic heterocycles. The molecule has 0 unspecified atom stereocenters. The monoisotopic (exact) mass is 219 g/mol. The largest absolute Gasteiger partial charge is 0.383 e. The van der Waals surface area contributed by atoms with Gasteiger partial charge in [-0.15, -0.1) is 0 Å². The van der Waals surface area contributed by atoms with E-state index in [9.17, 15) is 4.39 Å². The summed E-state index contributed by atoms with van der Waals surface area (Å²) in [6, 6.07) is 6.53. The van der Waals surface area contributed by atoms with Gasteiger partial charge >= 0.3 is 0 Å². The number of imidazole rings is 1. The van der Waals surface area contributed by atoms with E-state index in [2.05, 4.69) is 4.98 Å². The molecule has 0 amide bonds. The number of nitrogens with two attached hydrogens (primary N) is 1. The molecule has 1 aromatic heterocycles. The molecule has 0 radical (unpaired) electrons. The molecule has 0 aliphatic rings. The molecule has 0 bridgehead atoms. The maximum Gasteiger partial charge on any atom is 0.131 e. The van der Waals surface area contributed by atoms with E-state index in [1.165, 1.54) is 12.1 Å². The highest BCUT2D eigenvalue weighted by Gasteiger charge is 2.11. The number of benzene rings is 1. The first kappa shape index (κ1) is 10.7. The highest BCUT2D eigenvalue weighted by atomic mass is 19.1. The summed E-state index contributed by atoms with van der Waals surface area (Å²) in [7, 11) is 0. The number of halogens is 1. The normalized spacial score (nSPS) is 11.0. The lowest BCUT2D eigenvalue weighted by Gasteiger charge is -2.08. The van der Waals surface area contributed by atoms with Crippen LogP contribution in [-0.4, -0.2) is 9.55 Å². The molecule has 0 saturated heterocycles. The smallest absolute Gasteiger partial charge is 0.131 e. The van der Waals surface area contributed by atoms with E-state index in [1.807, 2.05) is 18.4 Å². The first-order valence-corrected chi connectivity index (χ1v) is 5.18. The fourth-order valence-corrected chi connectivity index (χ4v) is 1.64. The van der Waals surface area contributed by atoms with Gasteiger partial charge in [0.05, 0.1) is 6.33 Å². The van der Waals surface area contributed by atoms with Crippen LogP contribution in [-0.2, 0) is 0 Å². The molecule has 0 saturated carbocycles. The first-order chi connectivity index (χ1) is 7.59. The van der Waals surface area contributed by atoms with E-state index in [1.54, 1.807) is 18.5 Å². The minimum atomic E-state index is -0.281. The topological polar surface area (TPSA) is 43.8 Å². The number of rotatable bonds is 2. The second-order valence-corrected chi connectivity index (χ2v) is 3.99. The molecule has 2 N–H and O–H groups in total. The molecular formula is C12H14FN3. The summed E-state index contributed by atoms with van der Waals surface area (Å²) >= 11 is 0. The standard InChI is InChI=1S/C12H14FN3/c1-8(2)16-7-15-11(12(16)14)9-4-3-5-10(13)6-9/h3-8H,14H2,1-2H3. The van der Waals surface area contributed by atoms with Gasteiger partial charge in [-0.05, 0) is 26.0 Å². The fourth-order valence-electron chi connectivity index (χ4n) is 1.64. The van der Waals surface area contributed by atoms with Crippen LogP contribution in [0.4, 0.5) is 10.2 Å². The van der Waals surface area contributed by atoms with Crippen molar-refractivity contribution in [1.29, 1.82) is 0 Å². The van der Waals surface area contributed by atoms with Crippen molar-refractivity contribution in [3.63, 3.8) is 0 Å². The summed E-state index contributed by atoms with van der Waals surface area (Å²) in [5.41, 5.74) is 7.30. The third-order valence-electron chi connectivity index (χ3n) is 2.49. The second-order valence-electron chi connectivity index (χ2n) is 3.99. The van der Waals surface area contributed by atoms with Gasteiger partial charge in [0, 0.05) is 11.6 Å². The van der Waals surface area contributed by atoms with E-state index in [4.69, 9.17) is 5.73 Å². The highest BCUT2D eigenvalue weighted by molar-refractivity contribution is 5.70. The summed E-state index contributed by atoms with van der Waals surface area (Å²) in [5.74, 6) is 0.289. The first-order valence-electron chi connectivity index (χ1n) is 5.18. The summed E-state index contributed by atoms with van der Waals surface area (Å²) < 4.78 is 14.9. The molecule has 16 heavy (non-hydrogen) atoms. The van der Waals surface area contributed by atoms with E-state index in [0.29, 0.717) is 17.1 Å². The van der Waals surface area contributed by atoms with Gasteiger partial charge < -0.3 is 10.3 Å². The summed E-state index contributed by atoms with van der Waals surface area (Å²) in [4.78, 5) is 4.22. The van der Waals surface area contributed by atoms with Crippen LogP contribution in [0, 0.1) is 5.82 Å². The maximum absolute atomic E-state index is 13.1. The van der Waals surface area contributed by atoms with Crippen molar-refractivity contribution in [2.75, 3.05) is 5.73 Å². The Bertz CT molecular complexity index is 503.